The molecule has 0 spiro atoms. The minimum Gasteiger partial charge on any atom is -0.481 e. The average molecular weight is 472 g/mol. The van der Waals surface area contributed by atoms with Crippen molar-refractivity contribution in [3.8, 4) is 0 Å². The Labute approximate surface area is 203 Å². The number of carbonyl (C=O) groups is 1. The predicted octanol–water partition coefficient (Wildman–Crippen LogP) is 8.14. The summed E-state index contributed by atoms with van der Waals surface area (Å²) in [5.74, 6) is 0.0607. The third-order valence-electron chi connectivity index (χ3n) is 5.42. The molecule has 5 heteroatoms. The van der Waals surface area contributed by atoms with Crippen molar-refractivity contribution in [3.05, 3.63) is 60.2 Å². The summed E-state index contributed by atoms with van der Waals surface area (Å²) in [4.78, 5) is 12.7. The predicted molar refractivity (Wildman–Crippen MR) is 142 cm³/mol. The lowest BCUT2D eigenvalue weighted by molar-refractivity contribution is -0.137. The van der Waals surface area contributed by atoms with Gasteiger partial charge in [0.05, 0.1) is 10.7 Å². The van der Waals surface area contributed by atoms with Crippen LogP contribution in [0.25, 0.3) is 0 Å². The van der Waals surface area contributed by atoms with Crippen molar-refractivity contribution in [1.82, 2.24) is 0 Å². The molecule has 0 saturated heterocycles. The number of aliphatic carboxylic acids is 1. The van der Waals surface area contributed by atoms with Gasteiger partial charge in [0.15, 0.2) is 0 Å². The average Bonchev–Trinajstić information content (AvgIpc) is 2.79. The molecule has 0 unspecified atom stereocenters. The van der Waals surface area contributed by atoms with E-state index in [-0.39, 0.29) is 6.42 Å². The van der Waals surface area contributed by atoms with Crippen molar-refractivity contribution in [3.63, 3.8) is 0 Å². The molecule has 2 rings (SSSR count). The number of hydrogen-bond donors (Lipinski definition) is 2. The maximum Gasteiger partial charge on any atom is 0.303 e. The maximum atomic E-state index is 10.7. The highest BCUT2D eigenvalue weighted by atomic mass is 32.2. The summed E-state index contributed by atoms with van der Waals surface area (Å²) in [6.45, 7) is 0. The van der Waals surface area contributed by atoms with Crippen LogP contribution in [0.5, 0.6) is 0 Å². The monoisotopic (exact) mass is 471 g/mol. The number of thioether (sulfide) groups is 1. The fraction of sp³-hybridized carbons (Fsp3) is 0.481. The molecule has 2 aromatic carbocycles. The van der Waals surface area contributed by atoms with Gasteiger partial charge in [-0.1, -0.05) is 93.2 Å². The zero-order valence-electron chi connectivity index (χ0n) is 19.1. The van der Waals surface area contributed by atoms with E-state index >= 15 is 0 Å². The fourth-order valence-electron chi connectivity index (χ4n) is 3.63. The molecule has 0 aliphatic carbocycles. The molecule has 0 aromatic heterocycles. The van der Waals surface area contributed by atoms with Crippen LogP contribution in [0.15, 0.2) is 59.5 Å². The van der Waals surface area contributed by atoms with Crippen LogP contribution in [-0.4, -0.2) is 21.8 Å². The molecule has 0 amide bonds. The van der Waals surface area contributed by atoms with Gasteiger partial charge in [-0.25, -0.2) is 0 Å². The number of unbranched alkanes of at least 4 members (excludes halogenated alkanes) is 7. The van der Waals surface area contributed by atoms with Crippen molar-refractivity contribution in [2.75, 3.05) is 11.1 Å². The Morgan fingerprint density at radius 2 is 1.41 bits per heavy atom. The maximum absolute atomic E-state index is 10.7. The Kier molecular flexibility index (Phi) is 13.8. The van der Waals surface area contributed by atoms with Crippen molar-refractivity contribution >= 4 is 40.6 Å². The first kappa shape index (κ1) is 26.4. The summed E-state index contributed by atoms with van der Waals surface area (Å²) in [6, 6.07) is 18.9. The van der Waals surface area contributed by atoms with Crippen LogP contribution in [0, 0.1) is 0 Å². The number of anilines is 1. The zero-order valence-corrected chi connectivity index (χ0v) is 20.7. The normalized spacial score (nSPS) is 10.8. The van der Waals surface area contributed by atoms with Crippen molar-refractivity contribution < 1.29 is 9.90 Å². The van der Waals surface area contributed by atoms with Gasteiger partial charge >= 0.3 is 5.97 Å². The molecule has 32 heavy (non-hydrogen) atoms. The SMILES string of the molecule is O=C(O)CCCSc1ccccc1NC(=S)CCCCCCCCCCc1ccccc1. The third-order valence-corrected chi connectivity index (χ3v) is 6.88. The highest BCUT2D eigenvalue weighted by Gasteiger charge is 2.06. The van der Waals surface area contributed by atoms with E-state index in [4.69, 9.17) is 17.3 Å². The Hall–Kier alpha value is -1.85. The summed E-state index contributed by atoms with van der Waals surface area (Å²) < 4.78 is 0. The molecule has 3 nitrogen and oxygen atoms in total. The Balaban J connectivity index is 1.49. The number of aryl methyl sites for hydroxylation is 1. The molecule has 0 fully saturated rings. The first-order valence-corrected chi connectivity index (χ1v) is 13.3. The van der Waals surface area contributed by atoms with Gasteiger partial charge in [-0.15, -0.1) is 11.8 Å². The topological polar surface area (TPSA) is 49.3 Å². The number of carboxylic acid groups (broad SMARTS) is 1. The van der Waals surface area contributed by atoms with Crippen LogP contribution in [0.4, 0.5) is 5.69 Å². The number of nitrogens with one attached hydrogen (secondary N) is 1. The van der Waals surface area contributed by atoms with E-state index in [2.05, 4.69) is 41.7 Å². The van der Waals surface area contributed by atoms with Gasteiger partial charge in [-0.2, -0.15) is 0 Å². The minimum absolute atomic E-state index is 0.217. The zero-order chi connectivity index (χ0) is 22.9. The van der Waals surface area contributed by atoms with Gasteiger partial charge in [-0.3, -0.25) is 4.79 Å². The van der Waals surface area contributed by atoms with E-state index in [0.29, 0.717) is 6.42 Å². The Bertz CT molecular complexity index is 795. The highest BCUT2D eigenvalue weighted by Crippen LogP contribution is 2.28. The van der Waals surface area contributed by atoms with Crippen molar-refractivity contribution in [2.45, 2.75) is 81.9 Å². The van der Waals surface area contributed by atoms with Gasteiger partial charge in [0.2, 0.25) is 0 Å². The molecule has 0 aliphatic rings. The largest absolute Gasteiger partial charge is 0.481 e. The molecular weight excluding hydrogens is 434 g/mol. The first-order chi connectivity index (χ1) is 15.6. The van der Waals surface area contributed by atoms with E-state index in [1.807, 2.05) is 18.2 Å². The molecule has 2 N–H and O–H groups in total. The molecule has 0 heterocycles. The fourth-order valence-corrected chi connectivity index (χ4v) is 4.85. The lowest BCUT2D eigenvalue weighted by Crippen LogP contribution is -2.09. The lowest BCUT2D eigenvalue weighted by Gasteiger charge is -2.12. The van der Waals surface area contributed by atoms with E-state index in [9.17, 15) is 4.79 Å². The molecule has 0 saturated carbocycles. The van der Waals surface area contributed by atoms with E-state index in [0.717, 1.165) is 34.2 Å². The summed E-state index contributed by atoms with van der Waals surface area (Å²) >= 11 is 7.24. The van der Waals surface area contributed by atoms with Crippen molar-refractivity contribution in [1.29, 1.82) is 0 Å². The summed E-state index contributed by atoms with van der Waals surface area (Å²) in [5, 5.41) is 12.2. The molecule has 0 atom stereocenters. The first-order valence-electron chi connectivity index (χ1n) is 11.9. The van der Waals surface area contributed by atoms with Crippen LogP contribution in [0.2, 0.25) is 0 Å². The number of rotatable bonds is 17. The minimum atomic E-state index is -0.735. The molecule has 0 radical (unpaired) electrons. The van der Waals surface area contributed by atoms with Gasteiger partial charge in [0.25, 0.3) is 0 Å². The second-order valence-electron chi connectivity index (χ2n) is 8.20. The van der Waals surface area contributed by atoms with Crippen LogP contribution < -0.4 is 5.32 Å². The van der Waals surface area contributed by atoms with E-state index in [1.165, 1.54) is 56.9 Å². The van der Waals surface area contributed by atoms with Crippen LogP contribution >= 0.6 is 24.0 Å². The van der Waals surface area contributed by atoms with Gasteiger partial charge in [-0.05, 0) is 55.6 Å². The number of carboxylic acids is 1. The standard InChI is InChI=1S/C27H37NO2S2/c29-27(30)21-14-22-32-25-19-13-12-18-24(25)28-26(31)20-11-6-4-2-1-3-5-8-15-23-16-9-7-10-17-23/h7,9-10,12-13,16-19H,1-6,8,11,14-15,20-22H2,(H,28,31)(H,29,30). The summed E-state index contributed by atoms with van der Waals surface area (Å²) in [5.41, 5.74) is 2.49. The Morgan fingerprint density at radius 3 is 2.12 bits per heavy atom. The summed E-state index contributed by atoms with van der Waals surface area (Å²) in [7, 11) is 0. The highest BCUT2D eigenvalue weighted by molar-refractivity contribution is 7.99. The van der Waals surface area contributed by atoms with E-state index < -0.39 is 5.97 Å². The van der Waals surface area contributed by atoms with Gasteiger partial charge in [0, 0.05) is 11.3 Å². The quantitative estimate of drug-likeness (QED) is 0.138. The van der Waals surface area contributed by atoms with Crippen LogP contribution in [0.1, 0.15) is 76.2 Å². The van der Waals surface area contributed by atoms with E-state index in [1.54, 1.807) is 11.8 Å². The van der Waals surface area contributed by atoms with Crippen molar-refractivity contribution in [2.24, 2.45) is 0 Å². The van der Waals surface area contributed by atoms with Gasteiger partial charge < -0.3 is 10.4 Å². The second kappa shape index (κ2) is 16.7. The van der Waals surface area contributed by atoms with Crippen LogP contribution in [0.3, 0.4) is 0 Å². The summed E-state index contributed by atoms with van der Waals surface area (Å²) in [6.07, 6.45) is 13.3. The van der Waals surface area contributed by atoms with Gasteiger partial charge in [0.1, 0.15) is 0 Å². The third kappa shape index (κ3) is 12.3. The molecule has 174 valence electrons. The van der Waals surface area contributed by atoms with Crippen LogP contribution in [-0.2, 0) is 11.2 Å². The molecule has 0 aliphatic heterocycles. The Morgan fingerprint density at radius 1 is 0.781 bits per heavy atom. The smallest absolute Gasteiger partial charge is 0.303 e. The second-order valence-corrected chi connectivity index (χ2v) is 9.83. The number of thiocarbonyl (C=S) groups is 1. The molecule has 0 bridgehead atoms. The molecule has 2 aromatic rings. The lowest BCUT2D eigenvalue weighted by atomic mass is 10.0. The molecular formula is C27H37NO2S2. The number of hydrogen-bond acceptors (Lipinski definition) is 3. The number of benzene rings is 2. The number of para-hydroxylation sites is 1.